The van der Waals surface area contributed by atoms with Gasteiger partial charge < -0.3 is 15.0 Å². The lowest BCUT2D eigenvalue weighted by molar-refractivity contribution is 0.0952. The normalized spacial score (nSPS) is 11.4. The minimum Gasteiger partial charge on any atom is -0.481 e. The largest absolute Gasteiger partial charge is 0.481 e. The first-order chi connectivity index (χ1) is 13.6. The number of hydrogen-bond acceptors (Lipinski definition) is 6. The van der Waals surface area contributed by atoms with Gasteiger partial charge in [-0.3, -0.25) is 4.79 Å². The van der Waals surface area contributed by atoms with Crippen LogP contribution in [0.3, 0.4) is 0 Å². The molecule has 0 atom stereocenters. The fourth-order valence-corrected chi connectivity index (χ4v) is 3.22. The molecule has 7 nitrogen and oxygen atoms in total. The highest BCUT2D eigenvalue weighted by molar-refractivity contribution is 6.10. The van der Waals surface area contributed by atoms with E-state index in [1.165, 1.54) is 0 Å². The van der Waals surface area contributed by atoms with Crippen molar-refractivity contribution in [3.8, 4) is 5.88 Å². The molecule has 7 heteroatoms. The van der Waals surface area contributed by atoms with Gasteiger partial charge in [-0.25, -0.2) is 15.0 Å². The average molecular weight is 375 g/mol. The number of ether oxygens (including phenoxy) is 1. The number of amides is 1. The van der Waals surface area contributed by atoms with Crippen LogP contribution >= 0.6 is 0 Å². The van der Waals surface area contributed by atoms with Gasteiger partial charge in [-0.05, 0) is 44.4 Å². The Bertz CT molecular complexity index is 1190. The van der Waals surface area contributed by atoms with Crippen LogP contribution in [0.2, 0.25) is 0 Å². The van der Waals surface area contributed by atoms with Crippen molar-refractivity contribution in [3.63, 3.8) is 0 Å². The van der Waals surface area contributed by atoms with E-state index in [2.05, 4.69) is 10.3 Å². The van der Waals surface area contributed by atoms with Gasteiger partial charge in [-0.1, -0.05) is 6.07 Å². The van der Waals surface area contributed by atoms with Crippen LogP contribution in [0.25, 0.3) is 32.8 Å². The molecule has 0 aliphatic carbocycles. The first-order valence-corrected chi connectivity index (χ1v) is 9.03. The van der Waals surface area contributed by atoms with Crippen LogP contribution in [0.15, 0.2) is 42.6 Å². The van der Waals surface area contributed by atoms with E-state index in [1.807, 2.05) is 49.3 Å². The molecule has 1 amide bonds. The number of rotatable bonds is 5. The number of nitrogens with zero attached hydrogens (tertiary/aromatic N) is 4. The molecule has 28 heavy (non-hydrogen) atoms. The van der Waals surface area contributed by atoms with Crippen LogP contribution in [0, 0.1) is 0 Å². The Kier molecular flexibility index (Phi) is 4.75. The second-order valence-corrected chi connectivity index (χ2v) is 6.80. The Hall–Kier alpha value is -3.32. The van der Waals surface area contributed by atoms with E-state index in [0.717, 1.165) is 28.4 Å². The molecule has 0 saturated carbocycles. The number of carbonyl (C=O) groups is 1. The maximum absolute atomic E-state index is 12.7. The molecule has 142 valence electrons. The molecule has 2 aromatic heterocycles. The van der Waals surface area contributed by atoms with Crippen LogP contribution < -0.4 is 10.1 Å². The molecule has 0 aliphatic rings. The minimum absolute atomic E-state index is 0.152. The summed E-state index contributed by atoms with van der Waals surface area (Å²) in [7, 11) is 5.53. The summed E-state index contributed by atoms with van der Waals surface area (Å²) in [6, 6.07) is 11.2. The van der Waals surface area contributed by atoms with Gasteiger partial charge in [0.05, 0.1) is 29.2 Å². The van der Waals surface area contributed by atoms with Crippen molar-refractivity contribution in [2.24, 2.45) is 0 Å². The molecule has 2 aromatic carbocycles. The van der Waals surface area contributed by atoms with E-state index in [-0.39, 0.29) is 5.91 Å². The summed E-state index contributed by atoms with van der Waals surface area (Å²) in [6.45, 7) is 1.33. The van der Waals surface area contributed by atoms with E-state index in [4.69, 9.17) is 14.7 Å². The van der Waals surface area contributed by atoms with Crippen molar-refractivity contribution in [1.82, 2.24) is 25.2 Å². The molecule has 0 aliphatic heterocycles. The van der Waals surface area contributed by atoms with E-state index in [1.54, 1.807) is 19.4 Å². The number of methoxy groups -OCH3 is 1. The second-order valence-electron chi connectivity index (χ2n) is 6.80. The van der Waals surface area contributed by atoms with Crippen molar-refractivity contribution in [3.05, 3.63) is 48.2 Å². The summed E-state index contributed by atoms with van der Waals surface area (Å²) in [5.74, 6) is 0.386. The Balaban J connectivity index is 1.87. The number of pyridine rings is 1. The van der Waals surface area contributed by atoms with Crippen molar-refractivity contribution in [1.29, 1.82) is 0 Å². The maximum Gasteiger partial charge on any atom is 0.253 e. The van der Waals surface area contributed by atoms with E-state index >= 15 is 0 Å². The zero-order chi connectivity index (χ0) is 19.7. The second kappa shape index (κ2) is 7.36. The lowest BCUT2D eigenvalue weighted by Gasteiger charge is -2.12. The summed E-state index contributed by atoms with van der Waals surface area (Å²) in [6.07, 6.45) is 1.69. The molecule has 0 unspecified atom stereocenters. The lowest BCUT2D eigenvalue weighted by Crippen LogP contribution is -2.31. The quantitative estimate of drug-likeness (QED) is 0.427. The summed E-state index contributed by atoms with van der Waals surface area (Å²) >= 11 is 0. The standard InChI is InChI=1S/C21H21N5O2/c1-26(2)12-11-22-20(27)15-5-4-6-16-19(15)25-18-13-9-10-23-21(28-3)14(13)7-8-17(18)24-16/h4-10H,11-12H2,1-3H3,(H,22,27). The third kappa shape index (κ3) is 3.20. The van der Waals surface area contributed by atoms with Crippen molar-refractivity contribution in [2.45, 2.75) is 0 Å². The van der Waals surface area contributed by atoms with Crippen LogP contribution in [0.5, 0.6) is 5.88 Å². The number of aromatic nitrogens is 3. The van der Waals surface area contributed by atoms with Crippen molar-refractivity contribution < 1.29 is 9.53 Å². The summed E-state index contributed by atoms with van der Waals surface area (Å²) < 4.78 is 5.36. The molecule has 0 spiro atoms. The number of likely N-dealkylation sites (N-methyl/N-ethyl adjacent to an activating group) is 1. The van der Waals surface area contributed by atoms with Gasteiger partial charge in [-0.2, -0.15) is 0 Å². The zero-order valence-electron chi connectivity index (χ0n) is 16.1. The van der Waals surface area contributed by atoms with Gasteiger partial charge in [0.15, 0.2) is 0 Å². The van der Waals surface area contributed by atoms with Crippen LogP contribution in [-0.2, 0) is 0 Å². The van der Waals surface area contributed by atoms with Crippen LogP contribution in [-0.4, -0.2) is 60.1 Å². The third-order valence-electron chi connectivity index (χ3n) is 4.62. The Morgan fingerprint density at radius 3 is 2.64 bits per heavy atom. The minimum atomic E-state index is -0.152. The van der Waals surface area contributed by atoms with E-state index in [9.17, 15) is 4.79 Å². The predicted molar refractivity (Wildman–Crippen MR) is 110 cm³/mol. The number of para-hydroxylation sites is 1. The van der Waals surface area contributed by atoms with Gasteiger partial charge in [-0.15, -0.1) is 0 Å². The third-order valence-corrected chi connectivity index (χ3v) is 4.62. The van der Waals surface area contributed by atoms with E-state index < -0.39 is 0 Å². The Labute approximate surface area is 162 Å². The lowest BCUT2D eigenvalue weighted by atomic mass is 10.1. The molecule has 0 radical (unpaired) electrons. The van der Waals surface area contributed by atoms with Crippen LogP contribution in [0.4, 0.5) is 0 Å². The molecule has 0 fully saturated rings. The van der Waals surface area contributed by atoms with Gasteiger partial charge >= 0.3 is 0 Å². The van der Waals surface area contributed by atoms with Crippen molar-refractivity contribution in [2.75, 3.05) is 34.3 Å². The molecular weight excluding hydrogens is 354 g/mol. The first kappa shape index (κ1) is 18.1. The highest BCUT2D eigenvalue weighted by atomic mass is 16.5. The fourth-order valence-electron chi connectivity index (χ4n) is 3.22. The first-order valence-electron chi connectivity index (χ1n) is 9.03. The SMILES string of the molecule is COc1nccc2c1ccc1nc3cccc(C(=O)NCCN(C)C)c3nc12. The zero-order valence-corrected chi connectivity index (χ0v) is 16.1. The smallest absolute Gasteiger partial charge is 0.253 e. The number of carbonyl (C=O) groups excluding carboxylic acids is 1. The van der Waals surface area contributed by atoms with Gasteiger partial charge in [0.25, 0.3) is 5.91 Å². The highest BCUT2D eigenvalue weighted by Crippen LogP contribution is 2.29. The summed E-state index contributed by atoms with van der Waals surface area (Å²) in [5, 5.41) is 4.70. The van der Waals surface area contributed by atoms with Crippen LogP contribution in [0.1, 0.15) is 10.4 Å². The topological polar surface area (TPSA) is 80.2 Å². The molecular formula is C21H21N5O2. The van der Waals surface area contributed by atoms with E-state index in [0.29, 0.717) is 29.0 Å². The average Bonchev–Trinajstić information content (AvgIpc) is 2.70. The highest BCUT2D eigenvalue weighted by Gasteiger charge is 2.15. The molecule has 0 bridgehead atoms. The molecule has 4 aromatic rings. The molecule has 1 N–H and O–H groups in total. The summed E-state index contributed by atoms with van der Waals surface area (Å²) in [5.41, 5.74) is 3.27. The van der Waals surface area contributed by atoms with Crippen molar-refractivity contribution >= 4 is 38.7 Å². The monoisotopic (exact) mass is 375 g/mol. The predicted octanol–water partition coefficient (Wildman–Crippen LogP) is 2.63. The number of hydrogen-bond donors (Lipinski definition) is 1. The van der Waals surface area contributed by atoms with Gasteiger partial charge in [0, 0.05) is 30.1 Å². The number of fused-ring (bicyclic) bond motifs is 4. The van der Waals surface area contributed by atoms with Gasteiger partial charge in [0.2, 0.25) is 5.88 Å². The molecule has 4 rings (SSSR count). The summed E-state index contributed by atoms with van der Waals surface area (Å²) in [4.78, 5) is 28.5. The maximum atomic E-state index is 12.7. The fraction of sp³-hybridized carbons (Fsp3) is 0.238. The number of nitrogens with one attached hydrogen (secondary N) is 1. The molecule has 0 saturated heterocycles. The molecule has 2 heterocycles. The Morgan fingerprint density at radius 1 is 1.04 bits per heavy atom. The number of benzene rings is 2. The Morgan fingerprint density at radius 2 is 1.86 bits per heavy atom. The van der Waals surface area contributed by atoms with Gasteiger partial charge in [0.1, 0.15) is 5.52 Å².